The Morgan fingerprint density at radius 3 is 2.27 bits per heavy atom. The van der Waals surface area contributed by atoms with E-state index in [1.807, 2.05) is 6.92 Å². The van der Waals surface area contributed by atoms with Crippen molar-refractivity contribution in [1.82, 2.24) is 0 Å². The van der Waals surface area contributed by atoms with Gasteiger partial charge in [0.2, 0.25) is 0 Å². The first-order valence-corrected chi connectivity index (χ1v) is 14.8. The number of esters is 2. The van der Waals surface area contributed by atoms with Gasteiger partial charge < -0.3 is 53.2 Å². The van der Waals surface area contributed by atoms with Crippen LogP contribution >= 0.6 is 0 Å². The lowest BCUT2D eigenvalue weighted by molar-refractivity contribution is -0.427. The van der Waals surface area contributed by atoms with E-state index in [0.717, 1.165) is 0 Å². The minimum Gasteiger partial charge on any atom is -0.497 e. The zero-order valence-corrected chi connectivity index (χ0v) is 25.0. The quantitative estimate of drug-likeness (QED) is 0.321. The highest BCUT2D eigenvalue weighted by Crippen LogP contribution is 2.82. The molecule has 0 amide bonds. The van der Waals surface area contributed by atoms with Crippen LogP contribution in [0.3, 0.4) is 0 Å². The third-order valence-electron chi connectivity index (χ3n) is 10.4. The normalized spacial score (nSPS) is 42.2. The number of methoxy groups -OCH3 is 2. The first-order valence-electron chi connectivity index (χ1n) is 14.8. The lowest BCUT2D eigenvalue weighted by Crippen LogP contribution is -2.81. The van der Waals surface area contributed by atoms with Gasteiger partial charge in [0.1, 0.15) is 54.6 Å². The van der Waals surface area contributed by atoms with Crippen LogP contribution < -0.4 is 4.74 Å². The number of ether oxygens (including phenoxy) is 8. The summed E-state index contributed by atoms with van der Waals surface area (Å²) in [7, 11) is 3.09. The van der Waals surface area contributed by atoms with E-state index < -0.39 is 77.9 Å². The third kappa shape index (κ3) is 4.22. The van der Waals surface area contributed by atoms with Crippen LogP contribution in [0.4, 0.5) is 0 Å². The maximum absolute atomic E-state index is 13.1. The van der Waals surface area contributed by atoms with Crippen molar-refractivity contribution in [3.63, 3.8) is 0 Å². The minimum absolute atomic E-state index is 0.153. The molecular weight excluding hydrogens is 592 g/mol. The van der Waals surface area contributed by atoms with E-state index in [9.17, 15) is 24.9 Å². The van der Waals surface area contributed by atoms with Crippen molar-refractivity contribution in [1.29, 1.82) is 0 Å². The van der Waals surface area contributed by atoms with Crippen molar-refractivity contribution in [2.75, 3.05) is 27.4 Å². The van der Waals surface area contributed by atoms with Gasteiger partial charge in [-0.2, -0.15) is 0 Å². The Balaban J connectivity index is 1.13. The lowest BCUT2D eigenvalue weighted by atomic mass is 9.41. The van der Waals surface area contributed by atoms with Gasteiger partial charge in [0.05, 0.1) is 23.7 Å². The van der Waals surface area contributed by atoms with Crippen LogP contribution in [0.1, 0.15) is 40.5 Å². The summed E-state index contributed by atoms with van der Waals surface area (Å²) in [5.74, 6) is -1.91. The van der Waals surface area contributed by atoms with E-state index >= 15 is 0 Å². The van der Waals surface area contributed by atoms with Crippen LogP contribution in [0.25, 0.3) is 0 Å². The molecule has 242 valence electrons. The molecule has 45 heavy (non-hydrogen) atoms. The second-order valence-electron chi connectivity index (χ2n) is 12.5. The molecule has 0 aromatic heterocycles. The number of hydrogen-bond donors (Lipinski definition) is 3. The van der Waals surface area contributed by atoms with Crippen LogP contribution in [0.2, 0.25) is 0 Å². The summed E-state index contributed by atoms with van der Waals surface area (Å²) in [5.41, 5.74) is -2.65. The third-order valence-corrected chi connectivity index (χ3v) is 10.4. The topological polar surface area (TPSA) is 169 Å². The Bertz CT molecular complexity index is 1450. The highest BCUT2D eigenvalue weighted by Gasteiger charge is 2.95. The van der Waals surface area contributed by atoms with Crippen LogP contribution in [0.15, 0.2) is 54.6 Å². The van der Waals surface area contributed by atoms with Crippen molar-refractivity contribution in [3.8, 4) is 5.75 Å². The molecule has 0 unspecified atom stereocenters. The van der Waals surface area contributed by atoms with Crippen LogP contribution in [-0.4, -0.2) is 109 Å². The van der Waals surface area contributed by atoms with Crippen molar-refractivity contribution < 1.29 is 62.8 Å². The number of aliphatic hydroxyl groups is 3. The zero-order valence-electron chi connectivity index (χ0n) is 25.0. The highest BCUT2D eigenvalue weighted by atomic mass is 16.8. The number of benzene rings is 2. The summed E-state index contributed by atoms with van der Waals surface area (Å²) in [6, 6.07) is 14.8. The first kappa shape index (κ1) is 30.5. The van der Waals surface area contributed by atoms with Gasteiger partial charge >= 0.3 is 11.9 Å². The van der Waals surface area contributed by atoms with Gasteiger partial charge in [-0.25, -0.2) is 9.59 Å². The summed E-state index contributed by atoms with van der Waals surface area (Å²) in [6.45, 7) is 1.28. The predicted octanol–water partition coefficient (Wildman–Crippen LogP) is 1.17. The molecule has 13 nitrogen and oxygen atoms in total. The minimum atomic E-state index is -1.68. The molecule has 6 bridgehead atoms. The molecular formula is C32H36O13. The average molecular weight is 629 g/mol. The van der Waals surface area contributed by atoms with Gasteiger partial charge in [-0.15, -0.1) is 0 Å². The van der Waals surface area contributed by atoms with E-state index in [0.29, 0.717) is 23.3 Å². The molecule has 0 spiro atoms. The highest BCUT2D eigenvalue weighted by molar-refractivity contribution is 5.90. The van der Waals surface area contributed by atoms with Crippen LogP contribution in [0.5, 0.6) is 5.75 Å². The molecule has 4 saturated heterocycles. The molecule has 2 aromatic rings. The first-order chi connectivity index (χ1) is 21.5. The molecule has 9 rings (SSSR count). The molecule has 11 atom stereocenters. The van der Waals surface area contributed by atoms with Gasteiger partial charge in [-0.3, -0.25) is 0 Å². The fourth-order valence-electron chi connectivity index (χ4n) is 8.06. The smallest absolute Gasteiger partial charge is 0.338 e. The van der Waals surface area contributed by atoms with Crippen LogP contribution in [0, 0.1) is 11.3 Å². The summed E-state index contributed by atoms with van der Waals surface area (Å²) in [6.07, 6.45) is -7.81. The van der Waals surface area contributed by atoms with Gasteiger partial charge in [-0.05, 0) is 49.7 Å². The van der Waals surface area contributed by atoms with E-state index in [2.05, 4.69) is 0 Å². The maximum atomic E-state index is 13.1. The molecule has 3 aliphatic carbocycles. The monoisotopic (exact) mass is 628 g/mol. The standard InChI is InChI=1S/C32H36O13/c1-29-15-31(39-3)21-13-32(29,30(21,28(44-29)45-31)16-41-26(37)18-9-11-19(38-2)12-10-18)43-27-24(35)23(34)22(33)20(42-27)14-40-25(36)17-7-5-4-6-8-17/h4-12,20-24,27-28,33-35H,13-16H2,1-3H3/t20-,21-,22-,23+,24-,27+,28-,29+,30+,31-,32+/m1/s1. The molecule has 3 saturated carbocycles. The van der Waals surface area contributed by atoms with E-state index in [1.165, 1.54) is 7.11 Å². The van der Waals surface area contributed by atoms with E-state index in [1.54, 1.807) is 61.7 Å². The Morgan fingerprint density at radius 2 is 1.58 bits per heavy atom. The van der Waals surface area contributed by atoms with Gasteiger partial charge in [0, 0.05) is 19.4 Å². The summed E-state index contributed by atoms with van der Waals surface area (Å²) < 4.78 is 47.7. The Morgan fingerprint density at radius 1 is 0.889 bits per heavy atom. The van der Waals surface area contributed by atoms with Crippen molar-refractivity contribution in [2.24, 2.45) is 11.3 Å². The SMILES string of the molecule is COc1ccc(C(=O)OC[C@]23[C@H]4O[C@]5(OC)C[C@](C)(O4)[C@@]2(O[C@@H]2O[C@H](COC(=O)c4ccccc4)[C@@H](O)[C@H](O)[C@H]2O)C[C@@H]53)cc1. The lowest BCUT2D eigenvalue weighted by Gasteiger charge is -2.68. The van der Waals surface area contributed by atoms with Crippen molar-refractivity contribution in [2.45, 2.75) is 73.8 Å². The fraction of sp³-hybridized carbons (Fsp3) is 0.562. The average Bonchev–Trinajstić information content (AvgIpc) is 3.27. The van der Waals surface area contributed by atoms with E-state index in [-0.39, 0.29) is 18.9 Å². The molecule has 3 N–H and O–H groups in total. The molecule has 7 aliphatic rings. The molecule has 4 aliphatic heterocycles. The summed E-state index contributed by atoms with van der Waals surface area (Å²) >= 11 is 0. The van der Waals surface area contributed by atoms with Gasteiger partial charge in [-0.1, -0.05) is 18.2 Å². The number of carbonyl (C=O) groups excluding carboxylic acids is 2. The van der Waals surface area contributed by atoms with Crippen molar-refractivity contribution in [3.05, 3.63) is 65.7 Å². The Labute approximate surface area is 258 Å². The Kier molecular flexibility index (Phi) is 7.26. The molecule has 7 fully saturated rings. The molecule has 0 radical (unpaired) electrons. The molecule has 2 aromatic carbocycles. The molecule has 13 heteroatoms. The fourth-order valence-corrected chi connectivity index (χ4v) is 8.06. The second kappa shape index (κ2) is 10.7. The largest absolute Gasteiger partial charge is 0.497 e. The predicted molar refractivity (Wildman–Crippen MR) is 150 cm³/mol. The summed E-state index contributed by atoms with van der Waals surface area (Å²) in [5, 5.41) is 32.5. The molecule has 4 heterocycles. The number of rotatable bonds is 10. The van der Waals surface area contributed by atoms with Gasteiger partial charge in [0.25, 0.3) is 0 Å². The van der Waals surface area contributed by atoms with Gasteiger partial charge in [0.15, 0.2) is 18.4 Å². The Hall–Kier alpha value is -3.14. The maximum Gasteiger partial charge on any atom is 0.338 e. The number of aliphatic hydroxyl groups excluding tert-OH is 3. The van der Waals surface area contributed by atoms with Crippen molar-refractivity contribution >= 4 is 11.9 Å². The number of hydrogen-bond acceptors (Lipinski definition) is 13. The van der Waals surface area contributed by atoms with Crippen LogP contribution in [-0.2, 0) is 33.2 Å². The summed E-state index contributed by atoms with van der Waals surface area (Å²) in [4.78, 5) is 25.7. The zero-order chi connectivity index (χ0) is 31.8. The number of carbonyl (C=O) groups is 2. The van der Waals surface area contributed by atoms with E-state index in [4.69, 9.17) is 37.9 Å². The second-order valence-corrected chi connectivity index (χ2v) is 12.5.